The number of nitrogens with zero attached hydrogens (tertiary/aromatic N) is 1. The van der Waals surface area contributed by atoms with Crippen molar-refractivity contribution in [2.75, 3.05) is 12.3 Å². The topological polar surface area (TPSA) is 91.8 Å². The first kappa shape index (κ1) is 14.8. The van der Waals surface area contributed by atoms with Gasteiger partial charge >= 0.3 is 5.97 Å². The number of carbonyl (C=O) groups is 2. The summed E-state index contributed by atoms with van der Waals surface area (Å²) >= 11 is 0. The molecule has 0 bridgehead atoms. The zero-order valence-electron chi connectivity index (χ0n) is 12.1. The second kappa shape index (κ2) is 4.69. The summed E-state index contributed by atoms with van der Waals surface area (Å²) in [5.41, 5.74) is -0.469. The smallest absolute Gasteiger partial charge is 0.326 e. The van der Waals surface area contributed by atoms with Crippen LogP contribution < -0.4 is 0 Å². The van der Waals surface area contributed by atoms with Gasteiger partial charge in [-0.3, -0.25) is 4.79 Å². The van der Waals surface area contributed by atoms with E-state index in [0.29, 0.717) is 0 Å². The van der Waals surface area contributed by atoms with Gasteiger partial charge in [-0.05, 0) is 38.0 Å². The zero-order valence-corrected chi connectivity index (χ0v) is 12.9. The molecule has 3 aliphatic rings. The number of carboxylic acid groups (broad SMARTS) is 1. The van der Waals surface area contributed by atoms with E-state index in [2.05, 4.69) is 0 Å². The Bertz CT molecular complexity index is 576. The lowest BCUT2D eigenvalue weighted by atomic mass is 10.1. The number of aliphatic carboxylic acids is 1. The van der Waals surface area contributed by atoms with Gasteiger partial charge in [0.2, 0.25) is 5.91 Å². The first-order valence-electron chi connectivity index (χ1n) is 7.48. The quantitative estimate of drug-likeness (QED) is 0.805. The van der Waals surface area contributed by atoms with Crippen LogP contribution in [0.25, 0.3) is 0 Å². The van der Waals surface area contributed by atoms with Gasteiger partial charge in [-0.2, -0.15) is 0 Å². The molecule has 0 aromatic rings. The van der Waals surface area contributed by atoms with E-state index in [1.54, 1.807) is 0 Å². The molecule has 118 valence electrons. The molecule has 0 aromatic carbocycles. The number of hydrogen-bond donors (Lipinski definition) is 1. The van der Waals surface area contributed by atoms with Crippen LogP contribution in [0.5, 0.6) is 0 Å². The van der Waals surface area contributed by atoms with Crippen LogP contribution in [-0.4, -0.2) is 53.9 Å². The van der Waals surface area contributed by atoms with E-state index in [0.717, 1.165) is 25.7 Å². The van der Waals surface area contributed by atoms with Gasteiger partial charge in [-0.1, -0.05) is 6.92 Å². The Labute approximate surface area is 124 Å². The average Bonchev–Trinajstić information content (AvgIpc) is 3.29. The largest absolute Gasteiger partial charge is 0.480 e. The van der Waals surface area contributed by atoms with Crippen LogP contribution in [0.1, 0.15) is 39.0 Å². The molecule has 1 aliphatic heterocycles. The second-order valence-corrected chi connectivity index (χ2v) is 9.33. The molecule has 1 saturated heterocycles. The summed E-state index contributed by atoms with van der Waals surface area (Å²) in [6, 6.07) is -0.992. The van der Waals surface area contributed by atoms with Gasteiger partial charge < -0.3 is 10.0 Å². The molecule has 3 rings (SSSR count). The minimum Gasteiger partial charge on any atom is -0.480 e. The fourth-order valence-electron chi connectivity index (χ4n) is 3.01. The lowest BCUT2D eigenvalue weighted by Gasteiger charge is -2.24. The normalized spacial score (nSPS) is 31.2. The molecule has 2 aliphatic carbocycles. The van der Waals surface area contributed by atoms with Crippen LogP contribution in [0.4, 0.5) is 0 Å². The van der Waals surface area contributed by atoms with Gasteiger partial charge in [0.15, 0.2) is 9.84 Å². The number of hydrogen-bond acceptors (Lipinski definition) is 4. The number of carbonyl (C=O) groups excluding carboxylic acids is 1. The summed E-state index contributed by atoms with van der Waals surface area (Å²) in [5.74, 6) is -0.914. The van der Waals surface area contributed by atoms with Crippen molar-refractivity contribution in [1.29, 1.82) is 0 Å². The van der Waals surface area contributed by atoms with Crippen molar-refractivity contribution in [3.8, 4) is 0 Å². The molecule has 1 heterocycles. The van der Waals surface area contributed by atoms with Crippen LogP contribution in [0.2, 0.25) is 0 Å². The van der Waals surface area contributed by atoms with Gasteiger partial charge in [0.25, 0.3) is 0 Å². The number of likely N-dealkylation sites (tertiary alicyclic amines) is 1. The Hall–Kier alpha value is -1.11. The van der Waals surface area contributed by atoms with E-state index >= 15 is 0 Å². The Morgan fingerprint density at radius 3 is 2.38 bits per heavy atom. The maximum Gasteiger partial charge on any atom is 0.326 e. The number of amides is 1. The van der Waals surface area contributed by atoms with Crippen LogP contribution in [0.15, 0.2) is 0 Å². The van der Waals surface area contributed by atoms with E-state index < -0.39 is 32.5 Å². The molecule has 2 saturated carbocycles. The third kappa shape index (κ3) is 2.80. The highest BCUT2D eigenvalue weighted by Crippen LogP contribution is 2.48. The molecular weight excluding hydrogens is 294 g/mol. The van der Waals surface area contributed by atoms with Gasteiger partial charge in [0, 0.05) is 12.0 Å². The fraction of sp³-hybridized carbons (Fsp3) is 0.857. The van der Waals surface area contributed by atoms with Crippen LogP contribution in [-0.2, 0) is 19.4 Å². The molecule has 0 aromatic heterocycles. The molecular formula is C14H21NO5S. The molecule has 3 fully saturated rings. The molecule has 0 unspecified atom stereocenters. The highest BCUT2D eigenvalue weighted by Gasteiger charge is 2.53. The third-order valence-electron chi connectivity index (χ3n) is 5.00. The van der Waals surface area contributed by atoms with Gasteiger partial charge in [0.05, 0.1) is 11.0 Å². The first-order chi connectivity index (χ1) is 9.73. The Morgan fingerprint density at radius 2 is 1.90 bits per heavy atom. The molecule has 1 amide bonds. The lowest BCUT2D eigenvalue weighted by Crippen LogP contribution is -2.44. The summed E-state index contributed by atoms with van der Waals surface area (Å²) in [5, 5.41) is 8.59. The van der Waals surface area contributed by atoms with E-state index in [1.807, 2.05) is 6.92 Å². The van der Waals surface area contributed by atoms with Gasteiger partial charge in [-0.25, -0.2) is 13.2 Å². The standard InChI is InChI=1S/C14H21NO5S/c1-14(4-5-14)13(18)15-7-10(6-11(15)12(16)17)21(19,20)8-9-2-3-9/h9-11H,2-8H2,1H3,(H,16,17)/t10-,11+/m1/s1. The van der Waals surface area contributed by atoms with Crippen molar-refractivity contribution in [2.45, 2.75) is 50.3 Å². The van der Waals surface area contributed by atoms with E-state index in [9.17, 15) is 23.1 Å². The summed E-state index contributed by atoms with van der Waals surface area (Å²) in [7, 11) is -3.31. The maximum absolute atomic E-state index is 12.4. The van der Waals surface area contributed by atoms with Crippen molar-refractivity contribution in [1.82, 2.24) is 4.90 Å². The predicted octanol–water partition coefficient (Wildman–Crippen LogP) is 0.665. The van der Waals surface area contributed by atoms with Crippen molar-refractivity contribution in [3.05, 3.63) is 0 Å². The summed E-state index contributed by atoms with van der Waals surface area (Å²) in [4.78, 5) is 25.1. The lowest BCUT2D eigenvalue weighted by molar-refractivity contribution is -0.150. The molecule has 0 spiro atoms. The summed E-state index contributed by atoms with van der Waals surface area (Å²) < 4.78 is 24.7. The number of sulfone groups is 1. The second-order valence-electron chi connectivity index (χ2n) is 7.00. The fourth-order valence-corrected chi connectivity index (χ4v) is 5.14. The van der Waals surface area contributed by atoms with E-state index in [4.69, 9.17) is 0 Å². The van der Waals surface area contributed by atoms with Crippen molar-refractivity contribution in [2.24, 2.45) is 11.3 Å². The van der Waals surface area contributed by atoms with Gasteiger partial charge in [0.1, 0.15) is 6.04 Å². The minimum absolute atomic E-state index is 0.0339. The predicted molar refractivity (Wildman–Crippen MR) is 75.4 cm³/mol. The average molecular weight is 315 g/mol. The summed E-state index contributed by atoms with van der Waals surface area (Å²) in [6.45, 7) is 1.86. The summed E-state index contributed by atoms with van der Waals surface area (Å²) in [6.07, 6.45) is 3.43. The molecule has 6 nitrogen and oxygen atoms in total. The van der Waals surface area contributed by atoms with Crippen LogP contribution >= 0.6 is 0 Å². The SMILES string of the molecule is CC1(C(=O)N2C[C@H](S(=O)(=O)CC3CC3)C[C@H]2C(=O)O)CC1. The molecule has 7 heteroatoms. The van der Waals surface area contributed by atoms with Gasteiger partial charge in [-0.15, -0.1) is 0 Å². The van der Waals surface area contributed by atoms with Crippen LogP contribution in [0.3, 0.4) is 0 Å². The molecule has 2 atom stereocenters. The van der Waals surface area contributed by atoms with Crippen molar-refractivity contribution in [3.63, 3.8) is 0 Å². The van der Waals surface area contributed by atoms with Crippen LogP contribution in [0, 0.1) is 11.3 Å². The molecule has 0 radical (unpaired) electrons. The van der Waals surface area contributed by atoms with E-state index in [1.165, 1.54) is 4.90 Å². The Morgan fingerprint density at radius 1 is 1.29 bits per heavy atom. The third-order valence-corrected chi connectivity index (χ3v) is 7.29. The first-order valence-corrected chi connectivity index (χ1v) is 9.20. The highest BCUT2D eigenvalue weighted by molar-refractivity contribution is 7.92. The number of rotatable bonds is 5. The Kier molecular flexibility index (Phi) is 3.31. The Balaban J connectivity index is 1.77. The van der Waals surface area contributed by atoms with Crippen molar-refractivity contribution >= 4 is 21.7 Å². The van der Waals surface area contributed by atoms with E-state index in [-0.39, 0.29) is 30.5 Å². The monoisotopic (exact) mass is 315 g/mol. The van der Waals surface area contributed by atoms with Crippen molar-refractivity contribution < 1.29 is 23.1 Å². The highest BCUT2D eigenvalue weighted by atomic mass is 32.2. The minimum atomic E-state index is -3.31. The maximum atomic E-state index is 12.4. The zero-order chi connectivity index (χ0) is 15.4. The molecule has 1 N–H and O–H groups in total. The molecule has 21 heavy (non-hydrogen) atoms. The number of carboxylic acids is 1.